The van der Waals surface area contributed by atoms with Crippen LogP contribution in [0.15, 0.2) is 6.07 Å². The van der Waals surface area contributed by atoms with Crippen molar-refractivity contribution in [3.8, 4) is 6.07 Å². The fourth-order valence-electron chi connectivity index (χ4n) is 1.54. The van der Waals surface area contributed by atoms with Gasteiger partial charge in [0.05, 0.1) is 0 Å². The van der Waals surface area contributed by atoms with Gasteiger partial charge >= 0.3 is 0 Å². The first-order valence-electron chi connectivity index (χ1n) is 5.57. The van der Waals surface area contributed by atoms with Gasteiger partial charge in [0, 0.05) is 18.8 Å². The van der Waals surface area contributed by atoms with Gasteiger partial charge in [0.15, 0.2) is 0 Å². The van der Waals surface area contributed by atoms with E-state index in [1.165, 1.54) is 0 Å². The van der Waals surface area contributed by atoms with Crippen LogP contribution in [0.2, 0.25) is 0 Å². The predicted octanol–water partition coefficient (Wildman–Crippen LogP) is 2.14. The van der Waals surface area contributed by atoms with Crippen molar-refractivity contribution in [3.63, 3.8) is 0 Å². The van der Waals surface area contributed by atoms with Gasteiger partial charge in [-0.05, 0) is 25.8 Å². The number of nitriles is 1. The van der Waals surface area contributed by atoms with Crippen LogP contribution in [0.25, 0.3) is 0 Å². The molecule has 0 aliphatic heterocycles. The summed E-state index contributed by atoms with van der Waals surface area (Å²) >= 11 is 0. The van der Waals surface area contributed by atoms with Gasteiger partial charge < -0.3 is 4.90 Å². The van der Waals surface area contributed by atoms with E-state index in [1.54, 1.807) is 6.07 Å². The van der Waals surface area contributed by atoms with Gasteiger partial charge in [-0.2, -0.15) is 5.26 Å². The van der Waals surface area contributed by atoms with Crippen molar-refractivity contribution >= 4 is 5.95 Å². The number of nitrogens with zero attached hydrogens (tertiary/aromatic N) is 4. The maximum atomic E-state index is 8.86. The molecule has 1 aromatic heterocycles. The normalized spacial score (nSPS) is 10.2. The van der Waals surface area contributed by atoms with E-state index in [9.17, 15) is 0 Å². The molecule has 0 aromatic carbocycles. The van der Waals surface area contributed by atoms with Crippen LogP contribution in [0.3, 0.4) is 0 Å². The first-order chi connectivity index (χ1) is 7.56. The summed E-state index contributed by atoms with van der Waals surface area (Å²) < 4.78 is 0. The van der Waals surface area contributed by atoms with Gasteiger partial charge in [-0.15, -0.1) is 0 Å². The summed E-state index contributed by atoms with van der Waals surface area (Å²) in [5.41, 5.74) is 1.27. The van der Waals surface area contributed by atoms with Gasteiger partial charge in [0.2, 0.25) is 5.95 Å². The molecule has 86 valence electrons. The fraction of sp³-hybridized carbons (Fsp3) is 0.583. The van der Waals surface area contributed by atoms with Crippen LogP contribution in [0.5, 0.6) is 0 Å². The number of aryl methyl sites for hydroxylation is 1. The molecule has 0 radical (unpaired) electrons. The molecule has 0 bridgehead atoms. The number of rotatable bonds is 4. The minimum atomic E-state index is 0.435. The highest BCUT2D eigenvalue weighted by molar-refractivity contribution is 5.35. The lowest BCUT2D eigenvalue weighted by Gasteiger charge is -2.23. The van der Waals surface area contributed by atoms with E-state index in [-0.39, 0.29) is 0 Å². The Hall–Kier alpha value is -1.63. The van der Waals surface area contributed by atoms with E-state index >= 15 is 0 Å². The Morgan fingerprint density at radius 2 is 2.12 bits per heavy atom. The van der Waals surface area contributed by atoms with Crippen LogP contribution >= 0.6 is 0 Å². The predicted molar refractivity (Wildman–Crippen MR) is 64.2 cm³/mol. The first kappa shape index (κ1) is 12.4. The largest absolute Gasteiger partial charge is 0.341 e. The molecule has 0 saturated heterocycles. The quantitative estimate of drug-likeness (QED) is 0.777. The van der Waals surface area contributed by atoms with E-state index in [0.717, 1.165) is 18.8 Å². The zero-order valence-corrected chi connectivity index (χ0v) is 10.4. The molecule has 1 heterocycles. The van der Waals surface area contributed by atoms with Gasteiger partial charge in [0.1, 0.15) is 11.8 Å². The van der Waals surface area contributed by atoms with Crippen molar-refractivity contribution in [3.05, 3.63) is 17.5 Å². The molecule has 16 heavy (non-hydrogen) atoms. The molecule has 0 N–H and O–H groups in total. The Bertz CT molecular complexity index is 392. The standard InChI is InChI=1S/C12H18N4/c1-5-16(8-9(2)3)12-14-10(4)6-11(7-13)15-12/h6,9H,5,8H2,1-4H3. The zero-order chi connectivity index (χ0) is 12.1. The summed E-state index contributed by atoms with van der Waals surface area (Å²) in [6.07, 6.45) is 0. The van der Waals surface area contributed by atoms with Crippen LogP contribution < -0.4 is 4.90 Å². The lowest BCUT2D eigenvalue weighted by atomic mass is 10.2. The molecule has 1 aromatic rings. The van der Waals surface area contributed by atoms with Gasteiger partial charge in [-0.1, -0.05) is 13.8 Å². The Balaban J connectivity index is 3.01. The molecule has 1 rings (SSSR count). The van der Waals surface area contributed by atoms with E-state index in [1.807, 2.05) is 6.92 Å². The Labute approximate surface area is 96.9 Å². The number of hydrogen-bond acceptors (Lipinski definition) is 4. The van der Waals surface area contributed by atoms with Crippen LogP contribution in [0.4, 0.5) is 5.95 Å². The average Bonchev–Trinajstić information content (AvgIpc) is 2.24. The third-order valence-electron chi connectivity index (χ3n) is 2.21. The fourth-order valence-corrected chi connectivity index (χ4v) is 1.54. The summed E-state index contributed by atoms with van der Waals surface area (Å²) in [4.78, 5) is 10.7. The first-order valence-corrected chi connectivity index (χ1v) is 5.57. The number of anilines is 1. The maximum Gasteiger partial charge on any atom is 0.226 e. The molecule has 0 atom stereocenters. The van der Waals surface area contributed by atoms with Crippen LogP contribution in [0, 0.1) is 24.2 Å². The Morgan fingerprint density at radius 1 is 1.44 bits per heavy atom. The van der Waals surface area contributed by atoms with Gasteiger partial charge in [0.25, 0.3) is 0 Å². The van der Waals surface area contributed by atoms with E-state index < -0.39 is 0 Å². The Morgan fingerprint density at radius 3 is 2.62 bits per heavy atom. The van der Waals surface area contributed by atoms with Crippen molar-refractivity contribution in [1.82, 2.24) is 9.97 Å². The second-order valence-electron chi connectivity index (χ2n) is 4.24. The summed E-state index contributed by atoms with van der Waals surface area (Å²) in [6.45, 7) is 10.0. The SMILES string of the molecule is CCN(CC(C)C)c1nc(C)cc(C#N)n1. The van der Waals surface area contributed by atoms with E-state index in [0.29, 0.717) is 17.6 Å². The minimum absolute atomic E-state index is 0.435. The molecule has 0 saturated carbocycles. The maximum absolute atomic E-state index is 8.86. The van der Waals surface area contributed by atoms with Crippen molar-refractivity contribution in [1.29, 1.82) is 5.26 Å². The summed E-state index contributed by atoms with van der Waals surface area (Å²) in [6, 6.07) is 3.76. The molecule has 0 amide bonds. The summed E-state index contributed by atoms with van der Waals surface area (Å²) in [5, 5.41) is 8.86. The lowest BCUT2D eigenvalue weighted by molar-refractivity contribution is 0.608. The highest BCUT2D eigenvalue weighted by Crippen LogP contribution is 2.11. The third kappa shape index (κ3) is 3.20. The molecule has 0 unspecified atom stereocenters. The molecule has 0 fully saturated rings. The third-order valence-corrected chi connectivity index (χ3v) is 2.21. The Kier molecular flexibility index (Phi) is 4.24. The number of hydrogen-bond donors (Lipinski definition) is 0. The molecule has 0 spiro atoms. The highest BCUT2D eigenvalue weighted by Gasteiger charge is 2.11. The second-order valence-corrected chi connectivity index (χ2v) is 4.24. The minimum Gasteiger partial charge on any atom is -0.341 e. The van der Waals surface area contributed by atoms with Crippen molar-refractivity contribution in [2.24, 2.45) is 5.92 Å². The van der Waals surface area contributed by atoms with Crippen LogP contribution in [-0.4, -0.2) is 23.1 Å². The van der Waals surface area contributed by atoms with E-state index in [2.05, 4.69) is 41.7 Å². The zero-order valence-electron chi connectivity index (χ0n) is 10.4. The highest BCUT2D eigenvalue weighted by atomic mass is 15.2. The summed E-state index contributed by atoms with van der Waals surface area (Å²) in [7, 11) is 0. The van der Waals surface area contributed by atoms with Crippen molar-refractivity contribution in [2.45, 2.75) is 27.7 Å². The molecule has 4 nitrogen and oxygen atoms in total. The molecule has 0 aliphatic carbocycles. The monoisotopic (exact) mass is 218 g/mol. The van der Waals surface area contributed by atoms with Gasteiger partial charge in [-0.25, -0.2) is 9.97 Å². The molecular weight excluding hydrogens is 200 g/mol. The molecular formula is C12H18N4. The lowest BCUT2D eigenvalue weighted by Crippen LogP contribution is -2.29. The summed E-state index contributed by atoms with van der Waals surface area (Å²) in [5.74, 6) is 1.21. The van der Waals surface area contributed by atoms with Crippen molar-refractivity contribution < 1.29 is 0 Å². The average molecular weight is 218 g/mol. The molecule has 4 heteroatoms. The topological polar surface area (TPSA) is 52.8 Å². The van der Waals surface area contributed by atoms with Crippen LogP contribution in [0.1, 0.15) is 32.2 Å². The van der Waals surface area contributed by atoms with Gasteiger partial charge in [-0.3, -0.25) is 0 Å². The molecule has 0 aliphatic rings. The van der Waals surface area contributed by atoms with E-state index in [4.69, 9.17) is 5.26 Å². The number of aromatic nitrogens is 2. The smallest absolute Gasteiger partial charge is 0.226 e. The second kappa shape index (κ2) is 5.45. The van der Waals surface area contributed by atoms with Crippen LogP contribution in [-0.2, 0) is 0 Å². The van der Waals surface area contributed by atoms with Crippen molar-refractivity contribution in [2.75, 3.05) is 18.0 Å².